The normalized spacial score (nSPS) is 12.8. The van der Waals surface area contributed by atoms with Crippen molar-refractivity contribution in [2.75, 3.05) is 0 Å². The van der Waals surface area contributed by atoms with Crippen LogP contribution in [0.5, 0.6) is 0 Å². The fourth-order valence-corrected chi connectivity index (χ4v) is 0.840. The van der Waals surface area contributed by atoms with Gasteiger partial charge >= 0.3 is 6.47 Å². The maximum absolute atomic E-state index is 10.00. The monoisotopic (exact) mass is 171 g/mol. The van der Waals surface area contributed by atoms with Gasteiger partial charge in [-0.3, -0.25) is 0 Å². The lowest BCUT2D eigenvalue weighted by Gasteiger charge is -2.26. The number of hydrogen-bond acceptors (Lipinski definition) is 2. The molecule has 71 valence electrons. The van der Waals surface area contributed by atoms with E-state index in [1.165, 1.54) is 6.47 Å². The second-order valence-corrected chi connectivity index (χ2v) is 5.01. The Bertz CT molecular complexity index is 142. The molecule has 0 saturated carbocycles. The van der Waals surface area contributed by atoms with Crippen molar-refractivity contribution in [3.63, 3.8) is 0 Å². The van der Waals surface area contributed by atoms with Crippen LogP contribution in [0, 0.1) is 5.41 Å². The minimum absolute atomic E-state index is 0.295. The fourth-order valence-electron chi connectivity index (χ4n) is 0.840. The zero-order chi connectivity index (χ0) is 9.83. The van der Waals surface area contributed by atoms with E-state index in [0.717, 1.165) is 12.8 Å². The number of carbonyl (C=O) groups excluding carboxylic acids is 1. The first-order valence-corrected chi connectivity index (χ1v) is 4.32. The number of ether oxygens (including phenoxy) is 1. The Labute approximate surface area is 75.3 Å². The zero-order valence-corrected chi connectivity index (χ0v) is 8.73. The third-order valence-electron chi connectivity index (χ3n) is 1.80. The SMILES string of the molecule is CC(C)(C)CCC(C)(C)O[C]=O. The van der Waals surface area contributed by atoms with Crippen LogP contribution in [0.2, 0.25) is 0 Å². The van der Waals surface area contributed by atoms with Gasteiger partial charge in [-0.25, -0.2) is 4.79 Å². The van der Waals surface area contributed by atoms with Crippen LogP contribution in [0.25, 0.3) is 0 Å². The number of hydrogen-bond donors (Lipinski definition) is 0. The van der Waals surface area contributed by atoms with Crippen LogP contribution >= 0.6 is 0 Å². The predicted molar refractivity (Wildman–Crippen MR) is 49.5 cm³/mol. The van der Waals surface area contributed by atoms with Crippen molar-refractivity contribution in [1.29, 1.82) is 0 Å². The largest absolute Gasteiger partial charge is 0.451 e. The van der Waals surface area contributed by atoms with E-state index in [9.17, 15) is 4.79 Å². The fraction of sp³-hybridized carbons (Fsp3) is 0.900. The van der Waals surface area contributed by atoms with Crippen LogP contribution in [0.3, 0.4) is 0 Å². The van der Waals surface area contributed by atoms with E-state index >= 15 is 0 Å². The summed E-state index contributed by atoms with van der Waals surface area (Å²) in [6, 6.07) is 0. The van der Waals surface area contributed by atoms with E-state index in [0.29, 0.717) is 5.41 Å². The molecule has 1 radical (unpaired) electrons. The van der Waals surface area contributed by atoms with Gasteiger partial charge in [0.15, 0.2) is 0 Å². The highest BCUT2D eigenvalue weighted by molar-refractivity contribution is 5.39. The molecule has 12 heavy (non-hydrogen) atoms. The van der Waals surface area contributed by atoms with E-state index < -0.39 is 0 Å². The van der Waals surface area contributed by atoms with Gasteiger partial charge in [0.25, 0.3) is 0 Å². The molecule has 0 unspecified atom stereocenters. The molecule has 0 heterocycles. The van der Waals surface area contributed by atoms with Crippen LogP contribution in [-0.4, -0.2) is 12.1 Å². The van der Waals surface area contributed by atoms with Gasteiger partial charge in [0.05, 0.1) is 0 Å². The smallest absolute Gasteiger partial charge is 0.418 e. The van der Waals surface area contributed by atoms with E-state index in [1.54, 1.807) is 0 Å². The molecule has 0 aliphatic heterocycles. The Morgan fingerprint density at radius 3 is 1.92 bits per heavy atom. The van der Waals surface area contributed by atoms with Gasteiger partial charge in [0, 0.05) is 0 Å². The molecule has 0 rings (SSSR count). The zero-order valence-electron chi connectivity index (χ0n) is 8.73. The van der Waals surface area contributed by atoms with Gasteiger partial charge in [-0.15, -0.1) is 0 Å². The number of rotatable bonds is 4. The Morgan fingerprint density at radius 1 is 1.08 bits per heavy atom. The molecule has 0 bridgehead atoms. The molecule has 0 N–H and O–H groups in total. The lowest BCUT2D eigenvalue weighted by atomic mass is 9.86. The Kier molecular flexibility index (Phi) is 3.75. The maximum Gasteiger partial charge on any atom is 0.418 e. The molecule has 0 fully saturated rings. The first-order chi connectivity index (χ1) is 5.27. The van der Waals surface area contributed by atoms with Crippen molar-refractivity contribution in [2.45, 2.75) is 53.1 Å². The second kappa shape index (κ2) is 3.92. The highest BCUT2D eigenvalue weighted by atomic mass is 16.5. The van der Waals surface area contributed by atoms with Crippen molar-refractivity contribution in [1.82, 2.24) is 0 Å². The molecule has 0 amide bonds. The first kappa shape index (κ1) is 11.5. The molecule has 0 saturated heterocycles. The average molecular weight is 171 g/mol. The summed E-state index contributed by atoms with van der Waals surface area (Å²) in [5, 5.41) is 0. The van der Waals surface area contributed by atoms with Gasteiger partial charge in [0.2, 0.25) is 0 Å². The summed E-state index contributed by atoms with van der Waals surface area (Å²) in [5.74, 6) is 0. The predicted octanol–water partition coefficient (Wildman–Crippen LogP) is 2.68. The summed E-state index contributed by atoms with van der Waals surface area (Å²) in [6.45, 7) is 11.8. The summed E-state index contributed by atoms with van der Waals surface area (Å²) in [4.78, 5) is 10.00. The first-order valence-electron chi connectivity index (χ1n) is 4.32. The van der Waals surface area contributed by atoms with E-state index in [2.05, 4.69) is 20.8 Å². The molecule has 2 heteroatoms. The Balaban J connectivity index is 3.83. The van der Waals surface area contributed by atoms with Crippen molar-refractivity contribution >= 4 is 6.47 Å². The van der Waals surface area contributed by atoms with E-state index in [-0.39, 0.29) is 5.60 Å². The molecule has 0 aromatic heterocycles. The van der Waals surface area contributed by atoms with Crippen LogP contribution in [-0.2, 0) is 9.53 Å². The quantitative estimate of drug-likeness (QED) is 0.650. The lowest BCUT2D eigenvalue weighted by molar-refractivity contribution is 0.0674. The van der Waals surface area contributed by atoms with Crippen LogP contribution in [0.15, 0.2) is 0 Å². The van der Waals surface area contributed by atoms with E-state index in [1.807, 2.05) is 13.8 Å². The molecule has 2 nitrogen and oxygen atoms in total. The van der Waals surface area contributed by atoms with Gasteiger partial charge in [-0.1, -0.05) is 20.8 Å². The summed E-state index contributed by atoms with van der Waals surface area (Å²) >= 11 is 0. The summed E-state index contributed by atoms with van der Waals surface area (Å²) < 4.78 is 4.82. The van der Waals surface area contributed by atoms with Gasteiger partial charge in [0.1, 0.15) is 5.60 Å². The second-order valence-electron chi connectivity index (χ2n) is 5.01. The third-order valence-corrected chi connectivity index (χ3v) is 1.80. The third kappa shape index (κ3) is 6.20. The highest BCUT2D eigenvalue weighted by Gasteiger charge is 2.22. The molecule has 0 aliphatic rings. The Hall–Kier alpha value is -0.530. The molecule has 0 atom stereocenters. The summed E-state index contributed by atoms with van der Waals surface area (Å²) in [5.41, 5.74) is -0.0709. The summed E-state index contributed by atoms with van der Waals surface area (Å²) in [6.07, 6.45) is 1.92. The minimum atomic E-state index is -0.366. The summed E-state index contributed by atoms with van der Waals surface area (Å²) in [7, 11) is 0. The molecule has 0 aliphatic carbocycles. The molecular weight excluding hydrogens is 152 g/mol. The van der Waals surface area contributed by atoms with E-state index in [4.69, 9.17) is 4.74 Å². The average Bonchev–Trinajstić information content (AvgIpc) is 1.83. The van der Waals surface area contributed by atoms with Crippen LogP contribution in [0.4, 0.5) is 0 Å². The van der Waals surface area contributed by atoms with Crippen molar-refractivity contribution in [2.24, 2.45) is 5.41 Å². The lowest BCUT2D eigenvalue weighted by Crippen LogP contribution is -2.25. The van der Waals surface area contributed by atoms with Crippen molar-refractivity contribution in [3.8, 4) is 0 Å². The standard InChI is InChI=1S/C10H19O2/c1-9(2,3)6-7-10(4,5)12-8-11/h6-7H2,1-5H3. The maximum atomic E-state index is 10.00. The van der Waals surface area contributed by atoms with Gasteiger partial charge in [-0.05, 0) is 32.1 Å². The van der Waals surface area contributed by atoms with Crippen molar-refractivity contribution < 1.29 is 9.53 Å². The molecule has 0 spiro atoms. The topological polar surface area (TPSA) is 26.3 Å². The highest BCUT2D eigenvalue weighted by Crippen LogP contribution is 2.26. The van der Waals surface area contributed by atoms with Crippen LogP contribution in [0.1, 0.15) is 47.5 Å². The molecule has 0 aromatic rings. The molecular formula is C10H19O2. The van der Waals surface area contributed by atoms with Gasteiger partial charge in [-0.2, -0.15) is 0 Å². The van der Waals surface area contributed by atoms with Gasteiger partial charge < -0.3 is 4.74 Å². The Morgan fingerprint density at radius 2 is 1.58 bits per heavy atom. The minimum Gasteiger partial charge on any atom is -0.451 e. The van der Waals surface area contributed by atoms with Crippen LogP contribution < -0.4 is 0 Å². The van der Waals surface area contributed by atoms with Crippen molar-refractivity contribution in [3.05, 3.63) is 0 Å². The molecule has 0 aromatic carbocycles.